The van der Waals surface area contributed by atoms with Gasteiger partial charge in [-0.25, -0.2) is 5.32 Å². The molecular weight excluding hydrogens is 212 g/mol. The van der Waals surface area contributed by atoms with E-state index in [-0.39, 0.29) is 0 Å². The van der Waals surface area contributed by atoms with Crippen LogP contribution < -0.4 is 5.32 Å². The van der Waals surface area contributed by atoms with Crippen molar-refractivity contribution >= 4 is 0 Å². The van der Waals surface area contributed by atoms with Gasteiger partial charge in [-0.1, -0.05) is 20.3 Å². The number of piperidine rings is 1. The van der Waals surface area contributed by atoms with Crippen LogP contribution in [0.1, 0.15) is 39.5 Å². The summed E-state index contributed by atoms with van der Waals surface area (Å²) < 4.78 is 1.34. The lowest BCUT2D eigenvalue weighted by Crippen LogP contribution is -2.50. The van der Waals surface area contributed by atoms with Crippen molar-refractivity contribution in [3.8, 4) is 12.4 Å². The van der Waals surface area contributed by atoms with Crippen LogP contribution >= 0.6 is 0 Å². The van der Waals surface area contributed by atoms with Crippen LogP contribution in [0.2, 0.25) is 0 Å². The van der Waals surface area contributed by atoms with Gasteiger partial charge >= 0.3 is 0 Å². The Balaban J connectivity index is 0.000000437. The molecular formula is C13H25N4+. The Kier molecular flexibility index (Phi) is 8.19. The molecule has 1 aliphatic rings. The van der Waals surface area contributed by atoms with Gasteiger partial charge in [-0.05, 0) is 19.3 Å². The highest BCUT2D eigenvalue weighted by atomic mass is 15.3. The fraction of sp³-hybridized carbons (Fsp3) is 0.846. The summed E-state index contributed by atoms with van der Waals surface area (Å²) in [5, 5.41) is 16.7. The van der Waals surface area contributed by atoms with E-state index in [1.165, 1.54) is 62.2 Å². The predicted molar refractivity (Wildman–Crippen MR) is 68.5 cm³/mol. The average Bonchev–Trinajstić information content (AvgIpc) is 2.28. The van der Waals surface area contributed by atoms with Gasteiger partial charge in [0.25, 0.3) is 0 Å². The van der Waals surface area contributed by atoms with Crippen molar-refractivity contribution in [1.82, 2.24) is 5.32 Å². The third-order valence-corrected chi connectivity index (χ3v) is 3.31. The van der Waals surface area contributed by atoms with E-state index in [1.54, 1.807) is 5.32 Å². The maximum atomic E-state index is 7.48. The highest BCUT2D eigenvalue weighted by Gasteiger charge is 2.27. The molecule has 1 rings (SSSR count). The van der Waals surface area contributed by atoms with Crippen LogP contribution in [-0.2, 0) is 0 Å². The van der Waals surface area contributed by atoms with Gasteiger partial charge in [-0.2, -0.15) is 10.5 Å². The van der Waals surface area contributed by atoms with E-state index in [0.717, 1.165) is 5.92 Å². The number of hydrogen-bond donors (Lipinski definition) is 1. The molecule has 2 atom stereocenters. The van der Waals surface area contributed by atoms with E-state index in [4.69, 9.17) is 10.5 Å². The van der Waals surface area contributed by atoms with Crippen LogP contribution in [0.3, 0.4) is 0 Å². The second-order valence-electron chi connectivity index (χ2n) is 5.20. The summed E-state index contributed by atoms with van der Waals surface area (Å²) in [5.74, 6) is 0.959. The van der Waals surface area contributed by atoms with Gasteiger partial charge in [0, 0.05) is 5.92 Å². The van der Waals surface area contributed by atoms with Crippen LogP contribution in [0.15, 0.2) is 0 Å². The number of hydrogen-bond acceptors (Lipinski definition) is 3. The normalized spacial score (nSPS) is 27.0. The van der Waals surface area contributed by atoms with E-state index in [0.29, 0.717) is 0 Å². The van der Waals surface area contributed by atoms with E-state index in [1.807, 2.05) is 0 Å². The maximum absolute atomic E-state index is 7.48. The Morgan fingerprint density at radius 3 is 2.41 bits per heavy atom. The summed E-state index contributed by atoms with van der Waals surface area (Å²) in [7, 11) is 2.44. The first-order valence-corrected chi connectivity index (χ1v) is 6.44. The summed E-state index contributed by atoms with van der Waals surface area (Å²) in [6.45, 7) is 8.94. The predicted octanol–water partition coefficient (Wildman–Crippen LogP) is 2.20. The molecule has 0 amide bonds. The standard InChI is InChI=1S/C11H24N.C2HN3/c1-4-5-8-12(3)9-6-7-11(2)10-12;3-1-5-2-4/h11H,4-10H2,1-3H3;5H/q+1;. The summed E-state index contributed by atoms with van der Waals surface area (Å²) in [6, 6.07) is 0. The molecule has 17 heavy (non-hydrogen) atoms. The van der Waals surface area contributed by atoms with Gasteiger partial charge in [-0.3, -0.25) is 0 Å². The first-order chi connectivity index (χ1) is 8.08. The smallest absolute Gasteiger partial charge is 0.190 e. The number of likely N-dealkylation sites (tertiary alicyclic amines) is 1. The molecule has 2 unspecified atom stereocenters. The third kappa shape index (κ3) is 7.60. The molecule has 96 valence electrons. The van der Waals surface area contributed by atoms with Crippen LogP contribution in [0.5, 0.6) is 0 Å². The Morgan fingerprint density at radius 2 is 2.00 bits per heavy atom. The minimum atomic E-state index is 0.959. The monoisotopic (exact) mass is 237 g/mol. The van der Waals surface area contributed by atoms with Gasteiger partial charge in [0.05, 0.1) is 26.7 Å². The highest BCUT2D eigenvalue weighted by Crippen LogP contribution is 2.21. The van der Waals surface area contributed by atoms with E-state index >= 15 is 0 Å². The molecule has 1 heterocycles. The van der Waals surface area contributed by atoms with Gasteiger partial charge < -0.3 is 4.48 Å². The molecule has 1 saturated heterocycles. The first-order valence-electron chi connectivity index (χ1n) is 6.44. The minimum Gasteiger partial charge on any atom is -0.326 e. The number of quaternary nitrogens is 1. The van der Waals surface area contributed by atoms with Crippen molar-refractivity contribution in [3.63, 3.8) is 0 Å². The van der Waals surface area contributed by atoms with Crippen molar-refractivity contribution in [2.24, 2.45) is 5.92 Å². The van der Waals surface area contributed by atoms with Gasteiger partial charge in [0.2, 0.25) is 0 Å². The number of rotatable bonds is 3. The largest absolute Gasteiger partial charge is 0.326 e. The number of nitriles is 2. The minimum absolute atomic E-state index is 0.959. The molecule has 0 aromatic rings. The van der Waals surface area contributed by atoms with E-state index in [2.05, 4.69) is 20.9 Å². The van der Waals surface area contributed by atoms with Crippen LogP contribution in [0, 0.1) is 28.8 Å². The van der Waals surface area contributed by atoms with Gasteiger partial charge in [-0.15, -0.1) is 0 Å². The second-order valence-corrected chi connectivity index (χ2v) is 5.20. The number of nitrogens with zero attached hydrogens (tertiary/aromatic N) is 3. The van der Waals surface area contributed by atoms with Crippen molar-refractivity contribution in [2.75, 3.05) is 26.7 Å². The lowest BCUT2D eigenvalue weighted by atomic mass is 9.98. The molecule has 0 bridgehead atoms. The van der Waals surface area contributed by atoms with Crippen molar-refractivity contribution in [1.29, 1.82) is 10.5 Å². The Hall–Kier alpha value is -1.26. The topological polar surface area (TPSA) is 59.6 Å². The van der Waals surface area contributed by atoms with E-state index in [9.17, 15) is 0 Å². The van der Waals surface area contributed by atoms with Crippen LogP contribution in [-0.4, -0.2) is 31.2 Å². The van der Waals surface area contributed by atoms with E-state index < -0.39 is 0 Å². The lowest BCUT2D eigenvalue weighted by Gasteiger charge is -2.40. The zero-order chi connectivity index (χ0) is 13.1. The van der Waals surface area contributed by atoms with Gasteiger partial charge in [0.1, 0.15) is 0 Å². The molecule has 0 aromatic heterocycles. The first kappa shape index (κ1) is 15.7. The van der Waals surface area contributed by atoms with Crippen molar-refractivity contribution < 1.29 is 4.48 Å². The Bertz CT molecular complexity index is 264. The fourth-order valence-corrected chi connectivity index (χ4v) is 2.52. The van der Waals surface area contributed by atoms with Gasteiger partial charge in [0.15, 0.2) is 12.4 Å². The quantitative estimate of drug-likeness (QED) is 0.465. The molecule has 1 fully saturated rings. The Morgan fingerprint density at radius 1 is 1.35 bits per heavy atom. The molecule has 1 N–H and O–H groups in total. The van der Waals surface area contributed by atoms with Crippen molar-refractivity contribution in [3.05, 3.63) is 0 Å². The number of nitrogens with one attached hydrogen (secondary N) is 1. The highest BCUT2D eigenvalue weighted by molar-refractivity contribution is 4.77. The average molecular weight is 237 g/mol. The van der Waals surface area contributed by atoms with Crippen LogP contribution in [0.25, 0.3) is 0 Å². The summed E-state index contributed by atoms with van der Waals surface area (Å²) in [6.07, 6.45) is 8.47. The third-order valence-electron chi connectivity index (χ3n) is 3.31. The molecule has 0 aromatic carbocycles. The molecule has 1 aliphatic heterocycles. The second kappa shape index (κ2) is 8.84. The zero-order valence-corrected chi connectivity index (χ0v) is 11.4. The molecule has 0 aliphatic carbocycles. The fourth-order valence-electron chi connectivity index (χ4n) is 2.52. The molecule has 0 saturated carbocycles. The molecule has 4 nitrogen and oxygen atoms in total. The molecule has 4 heteroatoms. The zero-order valence-electron chi connectivity index (χ0n) is 11.4. The number of unbranched alkanes of at least 4 members (excludes halogenated alkanes) is 1. The molecule has 0 radical (unpaired) electrons. The molecule has 0 spiro atoms. The maximum Gasteiger partial charge on any atom is 0.190 e. The Labute approximate surface area is 105 Å². The van der Waals surface area contributed by atoms with Crippen LogP contribution in [0.4, 0.5) is 0 Å². The van der Waals surface area contributed by atoms with Crippen molar-refractivity contribution in [2.45, 2.75) is 39.5 Å². The summed E-state index contributed by atoms with van der Waals surface area (Å²) >= 11 is 0. The summed E-state index contributed by atoms with van der Waals surface area (Å²) in [5.41, 5.74) is 0. The lowest BCUT2D eigenvalue weighted by molar-refractivity contribution is -0.917. The SMILES string of the molecule is CCCC[N+]1(C)CCCC(C)C1.N#CNC#N. The summed E-state index contributed by atoms with van der Waals surface area (Å²) in [4.78, 5) is 0.